The summed E-state index contributed by atoms with van der Waals surface area (Å²) >= 11 is 2.75. The summed E-state index contributed by atoms with van der Waals surface area (Å²) in [5.74, 6) is 0.0434. The Hall–Kier alpha value is -2.18. The first-order valence-electron chi connectivity index (χ1n) is 8.29. The van der Waals surface area contributed by atoms with E-state index in [1.165, 1.54) is 23.1 Å². The van der Waals surface area contributed by atoms with Crippen LogP contribution in [0.25, 0.3) is 10.2 Å². The van der Waals surface area contributed by atoms with Gasteiger partial charge in [-0.2, -0.15) is 0 Å². The van der Waals surface area contributed by atoms with Crippen molar-refractivity contribution in [3.8, 4) is 0 Å². The van der Waals surface area contributed by atoms with Crippen molar-refractivity contribution < 1.29 is 4.79 Å². The quantitative estimate of drug-likeness (QED) is 0.269. The van der Waals surface area contributed by atoms with Gasteiger partial charge in [-0.15, -0.1) is 17.9 Å². The molecule has 0 spiro atoms. The normalized spacial score (nSPS) is 12.3. The highest BCUT2D eigenvalue weighted by Crippen LogP contribution is 2.27. The van der Waals surface area contributed by atoms with Crippen molar-refractivity contribution in [2.45, 2.75) is 37.7 Å². The van der Waals surface area contributed by atoms with Gasteiger partial charge in [0, 0.05) is 12.1 Å². The number of thioether (sulfide) groups is 1. The predicted octanol–water partition coefficient (Wildman–Crippen LogP) is 4.62. The highest BCUT2D eigenvalue weighted by atomic mass is 32.2. The summed E-state index contributed by atoms with van der Waals surface area (Å²) in [6.07, 6.45) is 1.67. The Bertz CT molecular complexity index is 1050. The van der Waals surface area contributed by atoms with Crippen molar-refractivity contribution in [1.82, 2.24) is 9.55 Å². The fourth-order valence-corrected chi connectivity index (χ4v) is 4.53. The fraction of sp³-hybridized carbons (Fsp3) is 0.250. The molecule has 0 saturated heterocycles. The lowest BCUT2D eigenvalue weighted by atomic mass is 10.0. The number of nitrogens with zero attached hydrogens (tertiary/aromatic N) is 2. The van der Waals surface area contributed by atoms with Gasteiger partial charge in [0.25, 0.3) is 5.56 Å². The monoisotopic (exact) mass is 384 g/mol. The van der Waals surface area contributed by atoms with E-state index in [0.717, 1.165) is 16.7 Å². The molecule has 134 valence electrons. The fourth-order valence-electron chi connectivity index (χ4n) is 2.74. The zero-order valence-corrected chi connectivity index (χ0v) is 16.6. The summed E-state index contributed by atoms with van der Waals surface area (Å²) in [6.45, 7) is 9.86. The maximum absolute atomic E-state index is 12.9. The number of allylic oxidation sites excluding steroid dienone is 1. The number of aryl methyl sites for hydroxylation is 2. The average molecular weight is 385 g/mol. The van der Waals surface area contributed by atoms with Gasteiger partial charge >= 0.3 is 0 Å². The standard InChI is InChI=1S/C20H20N2O2S2/c1-5-9-22-19(24)15-8-10-25-18(15)21-20(22)26-14(4)17(23)16-11-12(2)6-7-13(16)3/h5-8,10-11,14H,1,9H2,2-4H3/t14-/m1/s1. The maximum atomic E-state index is 12.9. The Balaban J connectivity index is 1.98. The molecule has 4 nitrogen and oxygen atoms in total. The number of fused-ring (bicyclic) bond motifs is 1. The van der Waals surface area contributed by atoms with Gasteiger partial charge < -0.3 is 0 Å². The van der Waals surface area contributed by atoms with Crippen molar-refractivity contribution in [2.24, 2.45) is 0 Å². The first kappa shape index (κ1) is 18.6. The number of thiophene rings is 1. The van der Waals surface area contributed by atoms with Crippen LogP contribution in [0.5, 0.6) is 0 Å². The highest BCUT2D eigenvalue weighted by molar-refractivity contribution is 8.00. The second-order valence-corrected chi connectivity index (χ2v) is 8.38. The van der Waals surface area contributed by atoms with E-state index in [1.54, 1.807) is 16.7 Å². The molecular formula is C20H20N2O2S2. The van der Waals surface area contributed by atoms with E-state index in [1.807, 2.05) is 44.4 Å². The lowest BCUT2D eigenvalue weighted by Gasteiger charge is -2.15. The summed E-state index contributed by atoms with van der Waals surface area (Å²) in [5.41, 5.74) is 2.64. The molecule has 0 aliphatic rings. The van der Waals surface area contributed by atoms with Crippen LogP contribution in [0.15, 0.2) is 52.3 Å². The molecule has 2 aromatic heterocycles. The molecule has 0 fully saturated rings. The van der Waals surface area contributed by atoms with E-state index >= 15 is 0 Å². The van der Waals surface area contributed by atoms with Crippen LogP contribution in [-0.4, -0.2) is 20.6 Å². The Morgan fingerprint density at radius 1 is 1.38 bits per heavy atom. The molecule has 0 amide bonds. The minimum atomic E-state index is -0.351. The van der Waals surface area contributed by atoms with Crippen molar-refractivity contribution in [1.29, 1.82) is 0 Å². The van der Waals surface area contributed by atoms with E-state index in [2.05, 4.69) is 11.6 Å². The number of rotatable bonds is 6. The summed E-state index contributed by atoms with van der Waals surface area (Å²) in [6, 6.07) is 7.66. The molecule has 2 heterocycles. The molecule has 0 unspecified atom stereocenters. The molecule has 0 bridgehead atoms. The molecule has 0 aliphatic carbocycles. The second-order valence-electron chi connectivity index (χ2n) is 6.18. The van der Waals surface area contributed by atoms with Crippen molar-refractivity contribution >= 4 is 39.1 Å². The molecule has 26 heavy (non-hydrogen) atoms. The molecule has 3 aromatic rings. The van der Waals surface area contributed by atoms with Crippen molar-refractivity contribution in [3.05, 3.63) is 69.3 Å². The number of hydrogen-bond acceptors (Lipinski definition) is 5. The van der Waals surface area contributed by atoms with Crippen LogP contribution in [-0.2, 0) is 6.54 Å². The highest BCUT2D eigenvalue weighted by Gasteiger charge is 2.22. The van der Waals surface area contributed by atoms with E-state index < -0.39 is 0 Å². The molecule has 1 aromatic carbocycles. The molecule has 1 atom stereocenters. The molecular weight excluding hydrogens is 364 g/mol. The number of aromatic nitrogens is 2. The van der Waals surface area contributed by atoms with Gasteiger partial charge in [0.2, 0.25) is 0 Å². The molecule has 0 radical (unpaired) electrons. The van der Waals surface area contributed by atoms with Gasteiger partial charge in [0.1, 0.15) is 4.83 Å². The number of carbonyl (C=O) groups is 1. The number of hydrogen-bond donors (Lipinski definition) is 0. The summed E-state index contributed by atoms with van der Waals surface area (Å²) in [4.78, 5) is 31.0. The molecule has 0 saturated carbocycles. The van der Waals surface area contributed by atoms with E-state index in [-0.39, 0.29) is 16.6 Å². The first-order valence-corrected chi connectivity index (χ1v) is 10.1. The topological polar surface area (TPSA) is 52.0 Å². The van der Waals surface area contributed by atoms with Crippen LogP contribution in [0.4, 0.5) is 0 Å². The Kier molecular flexibility index (Phi) is 5.44. The van der Waals surface area contributed by atoms with Gasteiger partial charge in [0.05, 0.1) is 10.6 Å². The van der Waals surface area contributed by atoms with Crippen molar-refractivity contribution in [3.63, 3.8) is 0 Å². The zero-order chi connectivity index (χ0) is 18.8. The Morgan fingerprint density at radius 3 is 2.88 bits per heavy atom. The lowest BCUT2D eigenvalue weighted by molar-refractivity contribution is 0.0993. The molecule has 0 N–H and O–H groups in total. The van der Waals surface area contributed by atoms with E-state index in [9.17, 15) is 9.59 Å². The number of benzene rings is 1. The van der Waals surface area contributed by atoms with Gasteiger partial charge in [-0.05, 0) is 43.8 Å². The van der Waals surface area contributed by atoms with Crippen LogP contribution in [0.1, 0.15) is 28.4 Å². The van der Waals surface area contributed by atoms with Gasteiger partial charge in [-0.3, -0.25) is 14.2 Å². The van der Waals surface area contributed by atoms with Crippen LogP contribution < -0.4 is 5.56 Å². The Labute approximate surface area is 160 Å². The zero-order valence-electron chi connectivity index (χ0n) is 15.0. The van der Waals surface area contributed by atoms with Gasteiger partial charge in [0.15, 0.2) is 10.9 Å². The van der Waals surface area contributed by atoms with Crippen LogP contribution in [0, 0.1) is 13.8 Å². The summed E-state index contributed by atoms with van der Waals surface area (Å²) < 4.78 is 1.58. The smallest absolute Gasteiger partial charge is 0.263 e. The Morgan fingerprint density at radius 2 is 2.15 bits per heavy atom. The summed E-state index contributed by atoms with van der Waals surface area (Å²) in [5, 5.41) is 2.66. The SMILES string of the molecule is C=CCn1c(S[C@H](C)C(=O)c2cc(C)ccc2C)nc2sccc2c1=O. The molecule has 0 aliphatic heterocycles. The van der Waals surface area contributed by atoms with E-state index in [4.69, 9.17) is 0 Å². The maximum Gasteiger partial charge on any atom is 0.263 e. The third-order valence-corrected chi connectivity index (χ3v) is 6.07. The minimum absolute atomic E-state index is 0.0434. The third kappa shape index (κ3) is 3.52. The van der Waals surface area contributed by atoms with Crippen LogP contribution >= 0.6 is 23.1 Å². The summed E-state index contributed by atoms with van der Waals surface area (Å²) in [7, 11) is 0. The van der Waals surface area contributed by atoms with Crippen LogP contribution in [0.3, 0.4) is 0 Å². The minimum Gasteiger partial charge on any atom is -0.293 e. The number of ketones is 1. The van der Waals surface area contributed by atoms with Crippen LogP contribution in [0.2, 0.25) is 0 Å². The van der Waals surface area contributed by atoms with Gasteiger partial charge in [-0.1, -0.05) is 35.5 Å². The molecule has 3 rings (SSSR count). The van der Waals surface area contributed by atoms with Crippen molar-refractivity contribution in [2.75, 3.05) is 0 Å². The van der Waals surface area contributed by atoms with Gasteiger partial charge in [-0.25, -0.2) is 4.98 Å². The molecule has 6 heteroatoms. The first-order chi connectivity index (χ1) is 12.4. The second kappa shape index (κ2) is 7.60. The predicted molar refractivity (Wildman–Crippen MR) is 110 cm³/mol. The number of carbonyl (C=O) groups excluding carboxylic acids is 1. The average Bonchev–Trinajstić information content (AvgIpc) is 3.08. The largest absolute Gasteiger partial charge is 0.293 e. The number of Topliss-reactive ketones (excluding diaryl/α,β-unsaturated/α-hetero) is 1. The lowest BCUT2D eigenvalue weighted by Crippen LogP contribution is -2.24. The third-order valence-electron chi connectivity index (χ3n) is 4.17. The van der Waals surface area contributed by atoms with E-state index in [0.29, 0.717) is 21.9 Å².